The highest BCUT2D eigenvalue weighted by Gasteiger charge is 2.18. The first kappa shape index (κ1) is 13.9. The molecule has 0 heterocycles. The van der Waals surface area contributed by atoms with Crippen molar-refractivity contribution in [3.8, 4) is 0 Å². The molecule has 3 heteroatoms. The van der Waals surface area contributed by atoms with Crippen LogP contribution in [-0.4, -0.2) is 18.9 Å². The van der Waals surface area contributed by atoms with Gasteiger partial charge in [-0.25, -0.2) is 0 Å². The molecule has 1 fully saturated rings. The van der Waals surface area contributed by atoms with Crippen LogP contribution in [0.1, 0.15) is 49.7 Å². The lowest BCUT2D eigenvalue weighted by Crippen LogP contribution is -2.31. The molecule has 19 heavy (non-hydrogen) atoms. The largest absolute Gasteiger partial charge is 0.384 e. The maximum absolute atomic E-state index is 7.50. The minimum Gasteiger partial charge on any atom is -0.384 e. The third-order valence-corrected chi connectivity index (χ3v) is 4.26. The number of anilines is 1. The second-order valence-corrected chi connectivity index (χ2v) is 5.67. The first-order valence-electron chi connectivity index (χ1n) is 7.27. The molecule has 0 atom stereocenters. The quantitative estimate of drug-likeness (QED) is 0.496. The lowest BCUT2D eigenvalue weighted by atomic mass is 10.0. The number of amidine groups is 1. The summed E-state index contributed by atoms with van der Waals surface area (Å²) in [6.07, 6.45) is 8.05. The first-order valence-corrected chi connectivity index (χ1v) is 7.27. The number of hydrogen-bond acceptors (Lipinski definition) is 2. The van der Waals surface area contributed by atoms with Gasteiger partial charge in [0.25, 0.3) is 0 Å². The molecule has 0 unspecified atom stereocenters. The Kier molecular flexibility index (Phi) is 4.46. The molecule has 3 nitrogen and oxygen atoms in total. The molecular weight excluding hydrogens is 234 g/mol. The molecule has 0 spiro atoms. The van der Waals surface area contributed by atoms with Gasteiger partial charge in [-0.1, -0.05) is 25.7 Å². The zero-order valence-electron chi connectivity index (χ0n) is 12.1. The van der Waals surface area contributed by atoms with Crippen LogP contribution in [0.5, 0.6) is 0 Å². The average molecular weight is 259 g/mol. The Hall–Kier alpha value is -1.51. The van der Waals surface area contributed by atoms with Crippen molar-refractivity contribution >= 4 is 11.5 Å². The standard InChI is InChI=1S/C16H25N3/c1-12-11-13(16(17)18)9-10-15(12)19(2)14-7-5-3-4-6-8-14/h9-11,14H,3-8H2,1-2H3,(H3,17,18). The fraction of sp³-hybridized carbons (Fsp3) is 0.562. The van der Waals surface area contributed by atoms with E-state index in [0.717, 1.165) is 5.56 Å². The summed E-state index contributed by atoms with van der Waals surface area (Å²) in [6.45, 7) is 2.11. The topological polar surface area (TPSA) is 53.1 Å². The summed E-state index contributed by atoms with van der Waals surface area (Å²) >= 11 is 0. The van der Waals surface area contributed by atoms with Gasteiger partial charge in [0.1, 0.15) is 5.84 Å². The van der Waals surface area contributed by atoms with Crippen molar-refractivity contribution < 1.29 is 0 Å². The summed E-state index contributed by atoms with van der Waals surface area (Å²) in [4.78, 5) is 2.42. The van der Waals surface area contributed by atoms with Crippen molar-refractivity contribution in [2.45, 2.75) is 51.5 Å². The van der Waals surface area contributed by atoms with Crippen LogP contribution in [0.25, 0.3) is 0 Å². The predicted molar refractivity (Wildman–Crippen MR) is 82.1 cm³/mol. The van der Waals surface area contributed by atoms with Gasteiger partial charge in [-0.3, -0.25) is 5.41 Å². The molecule has 0 aliphatic heterocycles. The third kappa shape index (κ3) is 3.28. The highest BCUT2D eigenvalue weighted by atomic mass is 15.1. The number of hydrogen-bond donors (Lipinski definition) is 2. The monoisotopic (exact) mass is 259 g/mol. The Labute approximate surface area is 116 Å². The van der Waals surface area contributed by atoms with E-state index in [1.807, 2.05) is 12.1 Å². The van der Waals surface area contributed by atoms with Crippen LogP contribution in [0.15, 0.2) is 18.2 Å². The van der Waals surface area contributed by atoms with Gasteiger partial charge in [-0.05, 0) is 43.5 Å². The van der Waals surface area contributed by atoms with Crippen molar-refractivity contribution in [3.63, 3.8) is 0 Å². The Morgan fingerprint density at radius 2 is 1.84 bits per heavy atom. The molecular formula is C16H25N3. The molecule has 3 N–H and O–H groups in total. The lowest BCUT2D eigenvalue weighted by molar-refractivity contribution is 0.552. The van der Waals surface area contributed by atoms with E-state index in [4.69, 9.17) is 11.1 Å². The fourth-order valence-electron chi connectivity index (χ4n) is 3.06. The van der Waals surface area contributed by atoms with Crippen LogP contribution in [0, 0.1) is 12.3 Å². The Morgan fingerprint density at radius 3 is 2.37 bits per heavy atom. The second-order valence-electron chi connectivity index (χ2n) is 5.67. The number of nitrogens with one attached hydrogen (secondary N) is 1. The van der Waals surface area contributed by atoms with Gasteiger partial charge >= 0.3 is 0 Å². The average Bonchev–Trinajstić information content (AvgIpc) is 2.66. The van der Waals surface area contributed by atoms with Crippen molar-refractivity contribution in [2.75, 3.05) is 11.9 Å². The highest BCUT2D eigenvalue weighted by Crippen LogP contribution is 2.28. The molecule has 0 amide bonds. The van der Waals surface area contributed by atoms with Crippen molar-refractivity contribution in [3.05, 3.63) is 29.3 Å². The van der Waals surface area contributed by atoms with E-state index in [2.05, 4.69) is 24.9 Å². The predicted octanol–water partition coefficient (Wildman–Crippen LogP) is 3.44. The summed E-state index contributed by atoms with van der Waals surface area (Å²) in [5, 5.41) is 7.50. The van der Waals surface area contributed by atoms with E-state index < -0.39 is 0 Å². The maximum atomic E-state index is 7.50. The molecule has 1 aliphatic rings. The number of aryl methyl sites for hydroxylation is 1. The van der Waals surface area contributed by atoms with E-state index in [1.165, 1.54) is 49.8 Å². The van der Waals surface area contributed by atoms with Gasteiger partial charge in [0.15, 0.2) is 0 Å². The highest BCUT2D eigenvalue weighted by molar-refractivity contribution is 5.95. The zero-order chi connectivity index (χ0) is 13.8. The SMILES string of the molecule is Cc1cc(C(=N)N)ccc1N(C)C1CCCCCC1. The zero-order valence-corrected chi connectivity index (χ0v) is 12.1. The van der Waals surface area contributed by atoms with Gasteiger partial charge < -0.3 is 10.6 Å². The second kappa shape index (κ2) is 6.09. The van der Waals surface area contributed by atoms with Gasteiger partial charge in [0, 0.05) is 24.3 Å². The summed E-state index contributed by atoms with van der Waals surface area (Å²) in [5.41, 5.74) is 8.84. The molecule has 0 bridgehead atoms. The minimum atomic E-state index is 0.145. The van der Waals surface area contributed by atoms with Crippen LogP contribution in [0.4, 0.5) is 5.69 Å². The molecule has 104 valence electrons. The van der Waals surface area contributed by atoms with E-state index in [-0.39, 0.29) is 5.84 Å². The Balaban J connectivity index is 2.18. The van der Waals surface area contributed by atoms with E-state index in [0.29, 0.717) is 6.04 Å². The van der Waals surface area contributed by atoms with Crippen LogP contribution >= 0.6 is 0 Å². The summed E-state index contributed by atoms with van der Waals surface area (Å²) in [5.74, 6) is 0.145. The molecule has 1 aliphatic carbocycles. The molecule has 1 saturated carbocycles. The maximum Gasteiger partial charge on any atom is 0.122 e. The smallest absolute Gasteiger partial charge is 0.122 e. The lowest BCUT2D eigenvalue weighted by Gasteiger charge is -2.30. The van der Waals surface area contributed by atoms with E-state index >= 15 is 0 Å². The van der Waals surface area contributed by atoms with E-state index in [9.17, 15) is 0 Å². The number of nitrogen functional groups attached to an aromatic ring is 1. The summed E-state index contributed by atoms with van der Waals surface area (Å²) < 4.78 is 0. The van der Waals surface area contributed by atoms with Gasteiger partial charge in [-0.2, -0.15) is 0 Å². The molecule has 0 aromatic heterocycles. The molecule has 2 rings (SSSR count). The fourth-order valence-corrected chi connectivity index (χ4v) is 3.06. The van der Waals surface area contributed by atoms with Crippen molar-refractivity contribution in [1.29, 1.82) is 5.41 Å². The molecule has 0 saturated heterocycles. The first-order chi connectivity index (χ1) is 9.09. The number of benzene rings is 1. The van der Waals surface area contributed by atoms with Crippen LogP contribution < -0.4 is 10.6 Å². The molecule has 0 radical (unpaired) electrons. The van der Waals surface area contributed by atoms with Crippen LogP contribution in [-0.2, 0) is 0 Å². The van der Waals surface area contributed by atoms with Crippen LogP contribution in [0.2, 0.25) is 0 Å². The van der Waals surface area contributed by atoms with Gasteiger partial charge in [0.05, 0.1) is 0 Å². The molecule has 1 aromatic rings. The van der Waals surface area contributed by atoms with Crippen LogP contribution in [0.3, 0.4) is 0 Å². The number of nitrogens with zero attached hydrogens (tertiary/aromatic N) is 1. The van der Waals surface area contributed by atoms with E-state index in [1.54, 1.807) is 0 Å². The summed E-state index contributed by atoms with van der Waals surface area (Å²) in [7, 11) is 2.20. The van der Waals surface area contributed by atoms with Gasteiger partial charge in [-0.15, -0.1) is 0 Å². The number of rotatable bonds is 3. The Bertz CT molecular complexity index is 445. The summed E-state index contributed by atoms with van der Waals surface area (Å²) in [6, 6.07) is 6.74. The van der Waals surface area contributed by atoms with Crippen molar-refractivity contribution in [2.24, 2.45) is 5.73 Å². The number of nitrogens with two attached hydrogens (primary N) is 1. The minimum absolute atomic E-state index is 0.145. The van der Waals surface area contributed by atoms with Gasteiger partial charge in [0.2, 0.25) is 0 Å². The van der Waals surface area contributed by atoms with Crippen molar-refractivity contribution in [1.82, 2.24) is 0 Å². The Morgan fingerprint density at radius 1 is 1.21 bits per heavy atom. The molecule has 1 aromatic carbocycles. The normalized spacial score (nSPS) is 16.9. The third-order valence-electron chi connectivity index (χ3n) is 4.26.